The maximum absolute atomic E-state index is 12.7. The van der Waals surface area contributed by atoms with Crippen molar-refractivity contribution in [2.75, 3.05) is 0 Å². The fraction of sp³-hybridized carbons (Fsp3) is 0.107. The number of fused-ring (bicyclic) bond motifs is 1. The number of hydrogen-bond donors (Lipinski definition) is 2. The molecule has 2 N–H and O–H groups in total. The Morgan fingerprint density at radius 2 is 1.76 bits per heavy atom. The van der Waals surface area contributed by atoms with E-state index in [1.807, 2.05) is 66.7 Å². The molecular weight excluding hydrogens is 512 g/mol. The molecule has 0 aliphatic rings. The first-order chi connectivity index (χ1) is 17.8. The molecule has 0 saturated heterocycles. The second kappa shape index (κ2) is 11.9. The van der Waals surface area contributed by atoms with Crippen molar-refractivity contribution >= 4 is 57.6 Å². The van der Waals surface area contributed by atoms with Gasteiger partial charge in [0.05, 0.1) is 21.8 Å². The Labute approximate surface area is 221 Å². The lowest BCUT2D eigenvalue weighted by atomic mass is 10.0. The fourth-order valence-electron chi connectivity index (χ4n) is 3.80. The van der Waals surface area contributed by atoms with Crippen molar-refractivity contribution in [3.8, 4) is 0 Å². The highest BCUT2D eigenvalue weighted by atomic mass is 35.5. The van der Waals surface area contributed by atoms with Gasteiger partial charge < -0.3 is 15.0 Å². The van der Waals surface area contributed by atoms with Gasteiger partial charge in [0.15, 0.2) is 0 Å². The average molecular weight is 534 g/mol. The lowest BCUT2D eigenvalue weighted by Gasteiger charge is -2.16. The van der Waals surface area contributed by atoms with Crippen LogP contribution in [0, 0.1) is 0 Å². The zero-order valence-corrected chi connectivity index (χ0v) is 21.0. The quantitative estimate of drug-likeness (QED) is 0.296. The first kappa shape index (κ1) is 26.2. The minimum Gasteiger partial charge on any atom is -0.772 e. The van der Waals surface area contributed by atoms with E-state index < -0.39 is 29.0 Å². The highest BCUT2D eigenvalue weighted by Gasteiger charge is 2.22. The van der Waals surface area contributed by atoms with Gasteiger partial charge in [0, 0.05) is 17.6 Å². The number of aliphatic carboxylic acids is 1. The Hall–Kier alpha value is -3.85. The number of benzene rings is 3. The highest BCUT2D eigenvalue weighted by Crippen LogP contribution is 2.20. The molecule has 0 spiro atoms. The van der Waals surface area contributed by atoms with Crippen molar-refractivity contribution < 1.29 is 23.5 Å². The van der Waals surface area contributed by atoms with Gasteiger partial charge in [-0.25, -0.2) is 9.78 Å². The number of carbonyl (C=O) groups excluding carboxylic acids is 1. The molecule has 37 heavy (non-hydrogen) atoms. The van der Waals surface area contributed by atoms with Crippen LogP contribution in [0.25, 0.3) is 23.1 Å². The molecule has 0 fully saturated rings. The zero-order valence-electron chi connectivity index (χ0n) is 19.5. The Morgan fingerprint density at radius 3 is 2.46 bits per heavy atom. The van der Waals surface area contributed by atoms with Crippen molar-refractivity contribution in [1.29, 1.82) is 0 Å². The second-order valence-corrected chi connectivity index (χ2v) is 9.64. The third kappa shape index (κ3) is 7.10. The summed E-state index contributed by atoms with van der Waals surface area (Å²) in [5.74, 6) is -2.09. The van der Waals surface area contributed by atoms with Crippen LogP contribution >= 0.6 is 11.6 Å². The van der Waals surface area contributed by atoms with E-state index in [2.05, 4.69) is 10.3 Å². The van der Waals surface area contributed by atoms with Crippen LogP contribution < -0.4 is 5.32 Å². The molecule has 2 unspecified atom stereocenters. The highest BCUT2D eigenvalue weighted by molar-refractivity contribution is 7.78. The predicted octanol–water partition coefficient (Wildman–Crippen LogP) is 4.86. The average Bonchev–Trinajstić information content (AvgIpc) is 2.87. The molecule has 1 aromatic heterocycles. The summed E-state index contributed by atoms with van der Waals surface area (Å²) in [5, 5.41) is 13.1. The van der Waals surface area contributed by atoms with E-state index in [1.54, 1.807) is 6.07 Å². The Kier molecular flexibility index (Phi) is 8.45. The van der Waals surface area contributed by atoms with E-state index >= 15 is 0 Å². The fourth-order valence-corrected chi connectivity index (χ4v) is 4.54. The molecule has 4 aromatic rings. The summed E-state index contributed by atoms with van der Waals surface area (Å²) in [7, 11) is 0. The summed E-state index contributed by atoms with van der Waals surface area (Å²) >= 11 is 3.85. The van der Waals surface area contributed by atoms with Gasteiger partial charge in [-0.15, -0.1) is 0 Å². The van der Waals surface area contributed by atoms with E-state index in [0.29, 0.717) is 11.1 Å². The lowest BCUT2D eigenvalue weighted by Crippen LogP contribution is -2.42. The van der Waals surface area contributed by atoms with Crippen LogP contribution in [0.2, 0.25) is 5.02 Å². The SMILES string of the molecule is O=C(NC(Cc1ccc2nc(C=Cc3ccccc3)ccc2c1)C(=O)O)c1ccc(CS(=O)[O-])cc1Cl. The predicted molar refractivity (Wildman–Crippen MR) is 144 cm³/mol. The molecular formula is C28H22ClN2O5S-. The number of nitrogens with zero attached hydrogens (tertiary/aromatic N) is 1. The van der Waals surface area contributed by atoms with Gasteiger partial charge in [-0.1, -0.05) is 77.3 Å². The maximum Gasteiger partial charge on any atom is 0.326 e. The topological polar surface area (TPSA) is 119 Å². The van der Waals surface area contributed by atoms with Crippen LogP contribution in [0.15, 0.2) is 78.9 Å². The summed E-state index contributed by atoms with van der Waals surface area (Å²) in [4.78, 5) is 29.3. The summed E-state index contributed by atoms with van der Waals surface area (Å²) < 4.78 is 21.8. The number of amides is 1. The molecule has 0 aliphatic carbocycles. The first-order valence-corrected chi connectivity index (χ1v) is 12.9. The van der Waals surface area contributed by atoms with Gasteiger partial charge in [0.2, 0.25) is 0 Å². The third-order valence-corrected chi connectivity index (χ3v) is 6.51. The Bertz CT molecular complexity index is 1510. The summed E-state index contributed by atoms with van der Waals surface area (Å²) in [6.45, 7) is 0. The van der Waals surface area contributed by atoms with Crippen molar-refractivity contribution in [3.63, 3.8) is 0 Å². The van der Waals surface area contributed by atoms with E-state index in [9.17, 15) is 23.5 Å². The molecule has 4 rings (SSSR count). The zero-order chi connectivity index (χ0) is 26.4. The van der Waals surface area contributed by atoms with Crippen molar-refractivity contribution in [1.82, 2.24) is 10.3 Å². The molecule has 0 aliphatic heterocycles. The number of carboxylic acid groups (broad SMARTS) is 1. The maximum atomic E-state index is 12.7. The molecule has 2 atom stereocenters. The van der Waals surface area contributed by atoms with E-state index in [4.69, 9.17) is 11.6 Å². The molecule has 0 radical (unpaired) electrons. The number of pyridine rings is 1. The van der Waals surface area contributed by atoms with Gasteiger partial charge in [0.25, 0.3) is 5.91 Å². The van der Waals surface area contributed by atoms with Gasteiger partial charge in [0.1, 0.15) is 6.04 Å². The van der Waals surface area contributed by atoms with Crippen LogP contribution in [0.3, 0.4) is 0 Å². The third-order valence-electron chi connectivity index (χ3n) is 5.63. The lowest BCUT2D eigenvalue weighted by molar-refractivity contribution is -0.139. The molecule has 1 heterocycles. The van der Waals surface area contributed by atoms with Crippen LogP contribution in [-0.4, -0.2) is 36.8 Å². The molecule has 9 heteroatoms. The van der Waals surface area contributed by atoms with Crippen molar-refractivity contribution in [2.45, 2.75) is 18.2 Å². The Morgan fingerprint density at radius 1 is 1.00 bits per heavy atom. The molecule has 3 aromatic carbocycles. The molecule has 7 nitrogen and oxygen atoms in total. The molecule has 1 amide bonds. The number of hydrogen-bond acceptors (Lipinski definition) is 5. The summed E-state index contributed by atoms with van der Waals surface area (Å²) in [6, 6.07) is 22.2. The minimum atomic E-state index is -2.30. The second-order valence-electron chi connectivity index (χ2n) is 8.34. The molecule has 188 valence electrons. The molecule has 0 saturated carbocycles. The van der Waals surface area contributed by atoms with Gasteiger partial charge in [-0.3, -0.25) is 9.00 Å². The van der Waals surface area contributed by atoms with E-state index in [0.717, 1.165) is 22.2 Å². The van der Waals surface area contributed by atoms with E-state index in [1.165, 1.54) is 18.2 Å². The normalized spacial score (nSPS) is 12.9. The van der Waals surface area contributed by atoms with Crippen LogP contribution in [0.4, 0.5) is 0 Å². The minimum absolute atomic E-state index is 0.0403. The number of nitrogens with one attached hydrogen (secondary N) is 1. The van der Waals surface area contributed by atoms with Gasteiger partial charge >= 0.3 is 5.97 Å². The van der Waals surface area contributed by atoms with Crippen LogP contribution in [0.1, 0.15) is 32.7 Å². The van der Waals surface area contributed by atoms with Gasteiger partial charge in [-0.05, 0) is 53.1 Å². The standard InChI is InChI=1S/C28H23ClN2O5S/c29-24-15-20(17-37(35)36)7-12-23(24)27(32)31-26(28(33)34)16-19-8-13-25-21(14-19)9-11-22(30-25)10-6-18-4-2-1-3-5-18/h1-15,26H,16-17H2,(H,31,32)(H,33,34)(H,35,36)/p-1. The number of halogens is 1. The smallest absolute Gasteiger partial charge is 0.326 e. The van der Waals surface area contributed by atoms with Crippen LogP contribution in [-0.2, 0) is 28.0 Å². The Balaban J connectivity index is 1.47. The number of carboxylic acids is 1. The summed E-state index contributed by atoms with van der Waals surface area (Å²) in [5.41, 5.74) is 3.83. The number of aromatic nitrogens is 1. The first-order valence-electron chi connectivity index (χ1n) is 11.3. The number of rotatable bonds is 9. The monoisotopic (exact) mass is 533 g/mol. The van der Waals surface area contributed by atoms with E-state index in [-0.39, 0.29) is 22.8 Å². The van der Waals surface area contributed by atoms with Crippen molar-refractivity contribution in [3.05, 3.63) is 112 Å². The molecule has 0 bridgehead atoms. The van der Waals surface area contributed by atoms with Crippen molar-refractivity contribution in [2.24, 2.45) is 0 Å². The van der Waals surface area contributed by atoms with Gasteiger partial charge in [-0.2, -0.15) is 0 Å². The number of carbonyl (C=O) groups is 2. The summed E-state index contributed by atoms with van der Waals surface area (Å²) in [6.07, 6.45) is 3.96. The largest absolute Gasteiger partial charge is 0.772 e. The van der Waals surface area contributed by atoms with Crippen LogP contribution in [0.5, 0.6) is 0 Å².